The highest BCUT2D eigenvalue weighted by Gasteiger charge is 2.31. The Morgan fingerprint density at radius 1 is 0.911 bits per heavy atom. The van der Waals surface area contributed by atoms with E-state index in [2.05, 4.69) is 4.90 Å². The molecule has 9 nitrogen and oxygen atoms in total. The number of piperazine rings is 1. The lowest BCUT2D eigenvalue weighted by Crippen LogP contribution is -2.48. The third-order valence-corrected chi connectivity index (χ3v) is 8.52. The van der Waals surface area contributed by atoms with E-state index in [1.165, 1.54) is 4.57 Å². The Kier molecular flexibility index (Phi) is 15.2. The first-order valence-electron chi connectivity index (χ1n) is 16.3. The summed E-state index contributed by atoms with van der Waals surface area (Å²) in [6, 6.07) is 13.3. The number of benzene rings is 2. The fourth-order valence-electron chi connectivity index (χ4n) is 5.21. The molecule has 1 saturated heterocycles. The number of rotatable bonds is 10. The number of hydrogen-bond acceptors (Lipinski definition) is 7. The zero-order valence-electron chi connectivity index (χ0n) is 28.7. The molecular formula is C36H59N3O6. The van der Waals surface area contributed by atoms with Crippen molar-refractivity contribution in [3.05, 3.63) is 64.6 Å². The van der Waals surface area contributed by atoms with Gasteiger partial charge in [-0.3, -0.25) is 9.59 Å². The molecule has 0 bridgehead atoms. The predicted molar refractivity (Wildman–Crippen MR) is 187 cm³/mol. The molecule has 45 heavy (non-hydrogen) atoms. The van der Waals surface area contributed by atoms with Gasteiger partial charge in [-0.25, -0.2) is 0 Å². The fourth-order valence-corrected chi connectivity index (χ4v) is 5.21. The highest BCUT2D eigenvalue weighted by molar-refractivity contribution is 5.87. The maximum absolute atomic E-state index is 13.4. The number of aliphatic hydroxyl groups excluding tert-OH is 3. The minimum Gasteiger partial charge on any atom is -0.488 e. The van der Waals surface area contributed by atoms with Gasteiger partial charge in [0.15, 0.2) is 0 Å². The number of likely N-dealkylation sites (N-methyl/N-ethyl adjacent to an activating group) is 1. The van der Waals surface area contributed by atoms with E-state index in [0.29, 0.717) is 24.2 Å². The van der Waals surface area contributed by atoms with Gasteiger partial charge in [0.05, 0.1) is 6.10 Å². The first-order chi connectivity index (χ1) is 21.5. The number of carbonyl (C=O) groups excluding carboxylic acids is 1. The van der Waals surface area contributed by atoms with Crippen LogP contribution in [0.4, 0.5) is 0 Å². The van der Waals surface area contributed by atoms with Crippen molar-refractivity contribution in [3.8, 4) is 16.9 Å². The van der Waals surface area contributed by atoms with Crippen molar-refractivity contribution in [1.29, 1.82) is 0 Å². The topological polar surface area (TPSA) is 115 Å². The van der Waals surface area contributed by atoms with Crippen LogP contribution in [-0.4, -0.2) is 93.7 Å². The van der Waals surface area contributed by atoms with Crippen molar-refractivity contribution < 1.29 is 27.7 Å². The Morgan fingerprint density at radius 3 is 2.11 bits per heavy atom. The van der Waals surface area contributed by atoms with Crippen LogP contribution in [0.25, 0.3) is 21.9 Å². The van der Waals surface area contributed by atoms with Crippen molar-refractivity contribution in [2.75, 3.05) is 39.8 Å². The number of nitrogens with zero attached hydrogens (tertiary/aromatic N) is 3. The Bertz CT molecular complexity index is 1430. The van der Waals surface area contributed by atoms with Gasteiger partial charge in [-0.2, -0.15) is 0 Å². The number of hydrogen-bond donors (Lipinski definition) is 3. The van der Waals surface area contributed by atoms with E-state index in [1.54, 1.807) is 20.0 Å². The van der Waals surface area contributed by atoms with Crippen molar-refractivity contribution in [2.45, 2.75) is 80.2 Å². The summed E-state index contributed by atoms with van der Waals surface area (Å²) in [4.78, 5) is 30.2. The maximum atomic E-state index is 13.4. The molecule has 3 N–H and O–H groups in total. The zero-order valence-corrected chi connectivity index (χ0v) is 28.7. The number of aliphatic hydroxyl groups is 3. The minimum absolute atomic E-state index is 0. The number of ether oxygens (including phenoxy) is 1. The predicted octanol–water partition coefficient (Wildman–Crippen LogP) is 5.05. The number of aromatic nitrogens is 1. The second-order valence-corrected chi connectivity index (χ2v) is 11.5. The second-order valence-electron chi connectivity index (χ2n) is 11.5. The average Bonchev–Trinajstić information content (AvgIpc) is 3.07. The minimum atomic E-state index is -1.12. The van der Waals surface area contributed by atoms with E-state index in [-0.39, 0.29) is 39.3 Å². The molecule has 1 aromatic heterocycles. The van der Waals surface area contributed by atoms with Gasteiger partial charge in [0.2, 0.25) is 5.91 Å². The van der Waals surface area contributed by atoms with Crippen LogP contribution in [0, 0.1) is 18.8 Å². The van der Waals surface area contributed by atoms with Crippen molar-refractivity contribution in [2.24, 2.45) is 11.8 Å². The maximum Gasteiger partial charge on any atom is 0.258 e. The van der Waals surface area contributed by atoms with Crippen molar-refractivity contribution in [1.82, 2.24) is 14.4 Å². The monoisotopic (exact) mass is 629 g/mol. The molecule has 1 aliphatic rings. The first kappa shape index (κ1) is 37.9. The van der Waals surface area contributed by atoms with E-state index in [0.717, 1.165) is 35.2 Å². The van der Waals surface area contributed by atoms with Gasteiger partial charge in [0.1, 0.15) is 24.5 Å². The van der Waals surface area contributed by atoms with Crippen LogP contribution in [0.1, 0.15) is 56.9 Å². The van der Waals surface area contributed by atoms with Crippen LogP contribution in [-0.2, 0) is 11.3 Å². The normalized spacial score (nSPS) is 16.8. The van der Waals surface area contributed by atoms with E-state index >= 15 is 0 Å². The molecule has 1 aliphatic heterocycles. The molecule has 4 rings (SSSR count). The Balaban J connectivity index is 0.00000339. The molecule has 1 fully saturated rings. The summed E-state index contributed by atoms with van der Waals surface area (Å²) in [5.41, 5.74) is 2.41. The number of carbonyl (C=O) groups is 1. The summed E-state index contributed by atoms with van der Waals surface area (Å²) in [6.07, 6.45) is -1.14. The molecular weight excluding hydrogens is 570 g/mol. The molecule has 0 spiro atoms. The lowest BCUT2D eigenvalue weighted by molar-refractivity contribution is -0.133. The molecule has 9 heteroatoms. The summed E-state index contributed by atoms with van der Waals surface area (Å²) >= 11 is 0. The first-order valence-corrected chi connectivity index (χ1v) is 16.3. The molecule has 2 heterocycles. The van der Waals surface area contributed by atoms with Gasteiger partial charge in [-0.15, -0.1) is 0 Å². The third-order valence-electron chi connectivity index (χ3n) is 8.52. The molecule has 1 amide bonds. The molecule has 0 saturated carbocycles. The molecule has 0 radical (unpaired) electrons. The van der Waals surface area contributed by atoms with Gasteiger partial charge in [-0.1, -0.05) is 59.7 Å². The smallest absolute Gasteiger partial charge is 0.258 e. The zero-order chi connectivity index (χ0) is 33.8. The third kappa shape index (κ3) is 9.63. The summed E-state index contributed by atoms with van der Waals surface area (Å²) < 4.78 is 7.50. The fraction of sp³-hybridized carbons (Fsp3) is 0.556. The van der Waals surface area contributed by atoms with Crippen LogP contribution >= 0.6 is 0 Å². The Hall–Kier alpha value is -3.24. The summed E-state index contributed by atoms with van der Waals surface area (Å²) in [5.74, 6) is 0.0790. The largest absolute Gasteiger partial charge is 0.488 e. The number of pyridine rings is 1. The summed E-state index contributed by atoms with van der Waals surface area (Å²) in [7, 11) is 2.04. The van der Waals surface area contributed by atoms with Gasteiger partial charge >= 0.3 is 0 Å². The highest BCUT2D eigenvalue weighted by Crippen LogP contribution is 2.29. The molecule has 5 unspecified atom stereocenters. The van der Waals surface area contributed by atoms with Crippen LogP contribution in [0.5, 0.6) is 5.75 Å². The number of amides is 1. The quantitative estimate of drug-likeness (QED) is 0.288. The molecule has 254 valence electrons. The summed E-state index contributed by atoms with van der Waals surface area (Å²) in [6.45, 7) is 18.2. The second kappa shape index (κ2) is 18.0. The molecule has 5 atom stereocenters. The lowest BCUT2D eigenvalue weighted by atomic mass is 9.87. The van der Waals surface area contributed by atoms with Crippen LogP contribution in [0.3, 0.4) is 0 Å². The SMILES string of the molecule is CC.CC.Cc1cc(-c2ccc3ccn(CC(=O)N4CCN(C)CC4)c(=O)c3c2)ccc1OC(C)C(O)C(O)C(C)C(C)CO.[HH].[HH]. The summed E-state index contributed by atoms with van der Waals surface area (Å²) in [5, 5.41) is 32.0. The lowest BCUT2D eigenvalue weighted by Gasteiger charge is -2.32. The van der Waals surface area contributed by atoms with Crippen LogP contribution in [0.15, 0.2) is 53.5 Å². The number of aryl methyl sites for hydroxylation is 1. The van der Waals surface area contributed by atoms with E-state index in [4.69, 9.17) is 4.74 Å². The Labute approximate surface area is 272 Å². The van der Waals surface area contributed by atoms with Gasteiger partial charge in [-0.05, 0) is 79.1 Å². The van der Waals surface area contributed by atoms with Crippen LogP contribution in [0.2, 0.25) is 0 Å². The highest BCUT2D eigenvalue weighted by atomic mass is 16.5. The molecule has 0 aliphatic carbocycles. The Morgan fingerprint density at radius 2 is 1.51 bits per heavy atom. The van der Waals surface area contributed by atoms with Gasteiger partial charge in [0, 0.05) is 47.2 Å². The van der Waals surface area contributed by atoms with E-state index in [9.17, 15) is 24.9 Å². The van der Waals surface area contributed by atoms with E-state index < -0.39 is 18.3 Å². The van der Waals surface area contributed by atoms with Crippen LogP contribution < -0.4 is 10.3 Å². The van der Waals surface area contributed by atoms with Crippen molar-refractivity contribution >= 4 is 16.7 Å². The standard InChI is InChI=1S/C32H43N3O6.2C2H6.2H2/c1-20-16-25(8-9-28(20)41-23(4)31(39)30(38)22(3)21(2)19-36)26-7-6-24-10-11-35(32(40)27(24)17-26)18-29(37)34-14-12-33(5)13-15-34;2*1-2;;/h6-11,16-17,21-23,30-31,36,38-39H,12-15,18-19H2,1-5H3;2*1-2H3;2*1H. The molecule has 2 aromatic carbocycles. The molecule has 3 aromatic rings. The average molecular weight is 630 g/mol. The number of fused-ring (bicyclic) bond motifs is 1. The van der Waals surface area contributed by atoms with E-state index in [1.807, 2.05) is 96.0 Å². The van der Waals surface area contributed by atoms with Gasteiger partial charge < -0.3 is 34.4 Å². The van der Waals surface area contributed by atoms with Gasteiger partial charge in [0.25, 0.3) is 5.56 Å². The van der Waals surface area contributed by atoms with Crippen molar-refractivity contribution in [3.63, 3.8) is 0 Å².